The van der Waals surface area contributed by atoms with E-state index in [9.17, 15) is 4.79 Å². The number of pyridine rings is 1. The topological polar surface area (TPSA) is 104 Å². The van der Waals surface area contributed by atoms with Crippen LogP contribution in [-0.2, 0) is 13.6 Å². The van der Waals surface area contributed by atoms with Crippen molar-refractivity contribution in [3.8, 4) is 28.5 Å². The van der Waals surface area contributed by atoms with Crippen molar-refractivity contribution in [3.05, 3.63) is 66.4 Å². The first-order valence-electron chi connectivity index (χ1n) is 15.6. The number of carbonyl (C=O) groups excluding carboxylic acids is 1. The van der Waals surface area contributed by atoms with Crippen LogP contribution in [0.4, 0.5) is 0 Å². The number of methoxy groups -OCH3 is 1. The van der Waals surface area contributed by atoms with Crippen molar-refractivity contribution in [1.82, 2.24) is 24.0 Å². The molecule has 2 saturated carbocycles. The van der Waals surface area contributed by atoms with Crippen LogP contribution in [-0.4, -0.2) is 55.6 Å². The number of nitrogens with zero attached hydrogens (tertiary/aromatic N) is 5. The Morgan fingerprint density at radius 2 is 1.91 bits per heavy atom. The summed E-state index contributed by atoms with van der Waals surface area (Å²) < 4.78 is 15.8. The largest absolute Gasteiger partial charge is 0.494 e. The molecule has 9 rings (SSSR count). The first kappa shape index (κ1) is 25.8. The minimum atomic E-state index is 0.00763. The van der Waals surface area contributed by atoms with Crippen molar-refractivity contribution in [3.63, 3.8) is 0 Å². The normalized spacial score (nSPS) is 21.3. The van der Waals surface area contributed by atoms with Gasteiger partial charge in [0, 0.05) is 54.1 Å². The first-order valence-corrected chi connectivity index (χ1v) is 15.6. The highest BCUT2D eigenvalue weighted by atomic mass is 16.5. The Morgan fingerprint density at radius 3 is 2.68 bits per heavy atom. The SMILES string of the molecule is COc1cc(C(=O)N2C[C@H]3CC[C@@H]2[C@@H]3N)cc2nc(-c3cc4ccc(-c5ccc6occc6c5)nc4n3CC3CC3)n(C)c12. The van der Waals surface area contributed by atoms with Crippen molar-refractivity contribution >= 4 is 38.9 Å². The Morgan fingerprint density at radius 1 is 1.02 bits per heavy atom. The Kier molecular flexibility index (Phi) is 5.54. The molecule has 3 aliphatic rings. The zero-order valence-corrected chi connectivity index (χ0v) is 24.9. The molecule has 0 radical (unpaired) electrons. The maximum atomic E-state index is 13.7. The minimum absolute atomic E-state index is 0.00763. The van der Waals surface area contributed by atoms with Crippen molar-refractivity contribution in [2.24, 2.45) is 24.6 Å². The van der Waals surface area contributed by atoms with E-state index in [1.807, 2.05) is 36.2 Å². The highest BCUT2D eigenvalue weighted by Crippen LogP contribution is 2.40. The van der Waals surface area contributed by atoms with Gasteiger partial charge in [0.15, 0.2) is 5.82 Å². The van der Waals surface area contributed by atoms with Gasteiger partial charge in [-0.05, 0) is 92.1 Å². The zero-order valence-electron chi connectivity index (χ0n) is 24.9. The molecule has 1 aliphatic heterocycles. The Balaban J connectivity index is 1.16. The predicted molar refractivity (Wildman–Crippen MR) is 169 cm³/mol. The van der Waals surface area contributed by atoms with Crippen LogP contribution in [0.1, 0.15) is 36.0 Å². The molecule has 4 aromatic heterocycles. The number of fused-ring (bicyclic) bond motifs is 5. The van der Waals surface area contributed by atoms with Crippen molar-refractivity contribution in [2.45, 2.75) is 44.3 Å². The van der Waals surface area contributed by atoms with E-state index in [1.54, 1.807) is 13.4 Å². The number of likely N-dealkylation sites (tertiary alicyclic amines) is 1. The lowest BCUT2D eigenvalue weighted by Gasteiger charge is -2.27. The van der Waals surface area contributed by atoms with Gasteiger partial charge in [0.25, 0.3) is 5.91 Å². The molecule has 3 fully saturated rings. The Labute approximate surface area is 254 Å². The lowest BCUT2D eigenvalue weighted by Crippen LogP contribution is -2.41. The first-order chi connectivity index (χ1) is 21.5. The minimum Gasteiger partial charge on any atom is -0.494 e. The molecular formula is C35H34N6O3. The molecule has 6 aromatic rings. The van der Waals surface area contributed by atoms with Gasteiger partial charge in [-0.25, -0.2) is 9.97 Å². The number of hydrogen-bond donors (Lipinski definition) is 1. The van der Waals surface area contributed by atoms with E-state index >= 15 is 0 Å². The predicted octanol–water partition coefficient (Wildman–Crippen LogP) is 5.98. The summed E-state index contributed by atoms with van der Waals surface area (Å²) in [6.07, 6.45) is 6.24. The Bertz CT molecular complexity index is 2120. The van der Waals surface area contributed by atoms with E-state index in [0.717, 1.165) is 81.7 Å². The smallest absolute Gasteiger partial charge is 0.254 e. The Hall–Kier alpha value is -4.63. The molecule has 44 heavy (non-hydrogen) atoms. The number of aryl methyl sites for hydroxylation is 1. The maximum Gasteiger partial charge on any atom is 0.254 e. The highest BCUT2D eigenvalue weighted by Gasteiger charge is 2.47. The number of amides is 1. The summed E-state index contributed by atoms with van der Waals surface area (Å²) in [7, 11) is 3.67. The summed E-state index contributed by atoms with van der Waals surface area (Å²) in [4.78, 5) is 26.0. The molecule has 0 spiro atoms. The van der Waals surface area contributed by atoms with Gasteiger partial charge in [-0.3, -0.25) is 4.79 Å². The molecule has 5 heterocycles. The number of piperidine rings is 1. The number of aromatic nitrogens is 4. The molecule has 1 amide bonds. The fourth-order valence-electron chi connectivity index (χ4n) is 7.61. The quantitative estimate of drug-likeness (QED) is 0.257. The lowest BCUT2D eigenvalue weighted by atomic mass is 10.1. The van der Waals surface area contributed by atoms with E-state index in [1.165, 1.54) is 12.8 Å². The molecule has 9 nitrogen and oxygen atoms in total. The third kappa shape index (κ3) is 3.85. The molecule has 1 saturated heterocycles. The standard InChI is InChI=1S/C35H34N6O3/c1-39-32-26(14-24(16-30(32)43-2)35(42)41-18-23-6-9-27(41)31(23)36)38-34(39)28-15-22-5-8-25(37-33(22)40(28)17-19-3-4-19)20-7-10-29-21(13-20)11-12-44-29/h5,7-8,10-16,19,23,27,31H,3-4,6,9,17-18,36H2,1-2H3/t23-,27-,31-/m1/s1. The van der Waals surface area contributed by atoms with Crippen LogP contribution >= 0.6 is 0 Å². The van der Waals surface area contributed by atoms with Gasteiger partial charge in [-0.1, -0.05) is 0 Å². The molecule has 2 N–H and O–H groups in total. The maximum absolute atomic E-state index is 13.7. The van der Waals surface area contributed by atoms with Crippen LogP contribution in [0, 0.1) is 11.8 Å². The molecule has 9 heteroatoms. The second-order valence-corrected chi connectivity index (χ2v) is 12.8. The van der Waals surface area contributed by atoms with Gasteiger partial charge >= 0.3 is 0 Å². The molecule has 3 atom stereocenters. The molecule has 2 aromatic carbocycles. The van der Waals surface area contributed by atoms with Gasteiger partial charge in [0.1, 0.15) is 22.5 Å². The van der Waals surface area contributed by atoms with Crippen LogP contribution in [0.5, 0.6) is 5.75 Å². The van der Waals surface area contributed by atoms with E-state index in [-0.39, 0.29) is 18.0 Å². The molecule has 222 valence electrons. The van der Waals surface area contributed by atoms with Gasteiger partial charge in [-0.2, -0.15) is 0 Å². The second kappa shape index (κ2) is 9.43. The summed E-state index contributed by atoms with van der Waals surface area (Å²) in [5.41, 5.74) is 13.4. The third-order valence-electron chi connectivity index (χ3n) is 10.2. The van der Waals surface area contributed by atoms with Crippen LogP contribution in [0.25, 0.3) is 55.8 Å². The van der Waals surface area contributed by atoms with E-state index in [2.05, 4.69) is 39.5 Å². The zero-order chi connectivity index (χ0) is 29.7. The number of imidazole rings is 1. The van der Waals surface area contributed by atoms with Crippen molar-refractivity contribution in [1.29, 1.82) is 0 Å². The summed E-state index contributed by atoms with van der Waals surface area (Å²) in [5, 5.41) is 2.13. The monoisotopic (exact) mass is 586 g/mol. The lowest BCUT2D eigenvalue weighted by molar-refractivity contribution is 0.0700. The fraction of sp³-hybridized carbons (Fsp3) is 0.343. The number of ether oxygens (including phenoxy) is 1. The summed E-state index contributed by atoms with van der Waals surface area (Å²) in [6, 6.07) is 18.6. The third-order valence-corrected chi connectivity index (χ3v) is 10.2. The average molecular weight is 587 g/mol. The number of carbonyl (C=O) groups is 1. The van der Waals surface area contributed by atoms with Crippen molar-refractivity contribution < 1.29 is 13.9 Å². The van der Waals surface area contributed by atoms with E-state index in [0.29, 0.717) is 23.1 Å². The number of furan rings is 1. The van der Waals surface area contributed by atoms with Gasteiger partial charge in [0.2, 0.25) is 0 Å². The number of nitrogens with two attached hydrogens (primary N) is 1. The van der Waals surface area contributed by atoms with E-state index in [4.69, 9.17) is 24.9 Å². The molecule has 2 bridgehead atoms. The van der Waals surface area contributed by atoms with Crippen LogP contribution in [0.3, 0.4) is 0 Å². The average Bonchev–Trinajstić information content (AvgIpc) is 3.34. The van der Waals surface area contributed by atoms with Crippen LogP contribution in [0.2, 0.25) is 0 Å². The summed E-state index contributed by atoms with van der Waals surface area (Å²) >= 11 is 0. The number of benzene rings is 2. The van der Waals surface area contributed by atoms with Gasteiger partial charge in [0.05, 0.1) is 30.3 Å². The molecule has 2 aliphatic carbocycles. The highest BCUT2D eigenvalue weighted by molar-refractivity contribution is 6.00. The number of hydrogen-bond acceptors (Lipinski definition) is 6. The second-order valence-electron chi connectivity index (χ2n) is 12.8. The van der Waals surface area contributed by atoms with Crippen molar-refractivity contribution in [2.75, 3.05) is 13.7 Å². The molecular weight excluding hydrogens is 552 g/mol. The summed E-state index contributed by atoms with van der Waals surface area (Å²) in [6.45, 7) is 1.61. The molecule has 0 unspecified atom stereocenters. The van der Waals surface area contributed by atoms with Gasteiger partial charge < -0.3 is 28.9 Å². The fourth-order valence-corrected chi connectivity index (χ4v) is 7.61. The van der Waals surface area contributed by atoms with Crippen LogP contribution in [0.15, 0.2) is 65.3 Å². The van der Waals surface area contributed by atoms with Crippen LogP contribution < -0.4 is 10.5 Å². The summed E-state index contributed by atoms with van der Waals surface area (Å²) in [5.74, 6) is 2.50. The van der Waals surface area contributed by atoms with Gasteiger partial charge in [-0.15, -0.1) is 0 Å². The number of rotatable bonds is 6. The van der Waals surface area contributed by atoms with E-state index < -0.39 is 0 Å².